The number of nitrogens with one attached hydrogen (secondary N) is 2. The molecule has 1 aliphatic heterocycles. The Bertz CT molecular complexity index is 831. The fraction of sp³-hybridized carbons (Fsp3) is 0.474. The maximum absolute atomic E-state index is 11.6. The van der Waals surface area contributed by atoms with Gasteiger partial charge >= 0.3 is 6.09 Å². The van der Waals surface area contributed by atoms with Crippen LogP contribution in [0, 0.1) is 0 Å². The number of amides is 1. The number of aliphatic imine (C=N–C) groups is 1. The lowest BCUT2D eigenvalue weighted by Crippen LogP contribution is -2.49. The van der Waals surface area contributed by atoms with Crippen molar-refractivity contribution in [1.82, 2.24) is 25.7 Å². The molecule has 29 heavy (non-hydrogen) atoms. The van der Waals surface area contributed by atoms with Crippen LogP contribution in [0.3, 0.4) is 0 Å². The van der Waals surface area contributed by atoms with Gasteiger partial charge in [0.25, 0.3) is 0 Å². The second kappa shape index (κ2) is 10.1. The topological polar surface area (TPSA) is 105 Å². The number of carbonyl (C=O) groups is 1. The van der Waals surface area contributed by atoms with Gasteiger partial charge in [0.1, 0.15) is 6.54 Å². The molecule has 1 aromatic heterocycles. The van der Waals surface area contributed by atoms with Gasteiger partial charge in [0.05, 0.1) is 7.11 Å². The van der Waals surface area contributed by atoms with Crippen LogP contribution in [-0.4, -0.2) is 59.9 Å². The summed E-state index contributed by atoms with van der Waals surface area (Å²) in [5.41, 5.74) is 0.829. The Kier molecular flexibility index (Phi) is 7.29. The number of likely N-dealkylation sites (tertiary alicyclic amines) is 1. The monoisotopic (exact) mass is 420 g/mol. The predicted molar refractivity (Wildman–Crippen MR) is 110 cm³/mol. The second-order valence-electron chi connectivity index (χ2n) is 6.59. The molecule has 2 aromatic rings. The van der Waals surface area contributed by atoms with Crippen LogP contribution in [0.1, 0.15) is 25.7 Å². The number of guanidine groups is 1. The molecule has 1 saturated heterocycles. The van der Waals surface area contributed by atoms with Crippen molar-refractivity contribution in [3.05, 3.63) is 35.2 Å². The SMILES string of the molecule is CCNC(=NCc1nc(-c2ccc(Cl)cc2)no1)NC1CCN(C(=O)OC)CC1. The van der Waals surface area contributed by atoms with Crippen molar-refractivity contribution in [2.24, 2.45) is 4.99 Å². The Balaban J connectivity index is 1.57. The normalized spacial score (nSPS) is 15.3. The first-order valence-electron chi connectivity index (χ1n) is 9.55. The molecule has 0 spiro atoms. The van der Waals surface area contributed by atoms with Gasteiger partial charge in [-0.05, 0) is 44.0 Å². The van der Waals surface area contributed by atoms with Crippen LogP contribution in [0.15, 0.2) is 33.8 Å². The van der Waals surface area contributed by atoms with E-state index < -0.39 is 0 Å². The third kappa shape index (κ3) is 5.83. The summed E-state index contributed by atoms with van der Waals surface area (Å²) in [7, 11) is 1.40. The summed E-state index contributed by atoms with van der Waals surface area (Å²) in [4.78, 5) is 22.2. The summed E-state index contributed by atoms with van der Waals surface area (Å²) in [5.74, 6) is 1.60. The number of rotatable bonds is 5. The van der Waals surface area contributed by atoms with Gasteiger partial charge in [-0.2, -0.15) is 4.98 Å². The zero-order valence-electron chi connectivity index (χ0n) is 16.5. The molecular weight excluding hydrogens is 396 g/mol. The highest BCUT2D eigenvalue weighted by Crippen LogP contribution is 2.19. The summed E-state index contributed by atoms with van der Waals surface area (Å²) in [5, 5.41) is 11.3. The molecule has 9 nitrogen and oxygen atoms in total. The van der Waals surface area contributed by atoms with Gasteiger partial charge in [-0.15, -0.1) is 0 Å². The fourth-order valence-electron chi connectivity index (χ4n) is 3.03. The molecule has 0 aliphatic carbocycles. The summed E-state index contributed by atoms with van der Waals surface area (Å²) in [6.07, 6.45) is 1.36. The number of piperidine rings is 1. The summed E-state index contributed by atoms with van der Waals surface area (Å²) >= 11 is 5.91. The zero-order chi connectivity index (χ0) is 20.6. The average molecular weight is 421 g/mol. The number of methoxy groups -OCH3 is 1. The van der Waals surface area contributed by atoms with E-state index in [-0.39, 0.29) is 18.7 Å². The van der Waals surface area contributed by atoms with Crippen molar-refractivity contribution < 1.29 is 14.1 Å². The Labute approximate surface area is 174 Å². The van der Waals surface area contributed by atoms with Crippen molar-refractivity contribution in [2.45, 2.75) is 32.4 Å². The van der Waals surface area contributed by atoms with Crippen molar-refractivity contribution in [3.63, 3.8) is 0 Å². The van der Waals surface area contributed by atoms with Crippen LogP contribution < -0.4 is 10.6 Å². The van der Waals surface area contributed by atoms with Gasteiger partial charge in [0.2, 0.25) is 11.7 Å². The standard InChI is InChI=1S/C19H25ClN6O3/c1-3-21-18(23-15-8-10-26(11-9-15)19(27)28-2)22-12-16-24-17(25-29-16)13-4-6-14(20)7-5-13/h4-7,15H,3,8-12H2,1-2H3,(H2,21,22,23). The minimum absolute atomic E-state index is 0.223. The minimum atomic E-state index is -0.281. The van der Waals surface area contributed by atoms with E-state index in [2.05, 4.69) is 25.8 Å². The first kappa shape index (κ1) is 20.9. The lowest BCUT2D eigenvalue weighted by Gasteiger charge is -2.32. The van der Waals surface area contributed by atoms with Gasteiger partial charge in [-0.1, -0.05) is 16.8 Å². The predicted octanol–water partition coefficient (Wildman–Crippen LogP) is 2.68. The fourth-order valence-corrected chi connectivity index (χ4v) is 3.16. The Morgan fingerprint density at radius 2 is 2.07 bits per heavy atom. The van der Waals surface area contributed by atoms with Gasteiger partial charge in [-0.25, -0.2) is 9.79 Å². The Hall–Kier alpha value is -2.81. The van der Waals surface area contributed by atoms with E-state index in [1.807, 2.05) is 19.1 Å². The number of ether oxygens (including phenoxy) is 1. The number of benzene rings is 1. The van der Waals surface area contributed by atoms with E-state index in [1.165, 1.54) is 7.11 Å². The lowest BCUT2D eigenvalue weighted by molar-refractivity contribution is 0.111. The molecular formula is C19H25ClN6O3. The second-order valence-corrected chi connectivity index (χ2v) is 7.03. The van der Waals surface area contributed by atoms with Crippen LogP contribution in [0.25, 0.3) is 11.4 Å². The first-order chi connectivity index (χ1) is 14.1. The number of aromatic nitrogens is 2. The smallest absolute Gasteiger partial charge is 0.409 e. The van der Waals surface area contributed by atoms with Crippen molar-refractivity contribution in [1.29, 1.82) is 0 Å². The molecule has 0 unspecified atom stereocenters. The molecule has 1 fully saturated rings. The molecule has 0 atom stereocenters. The zero-order valence-corrected chi connectivity index (χ0v) is 17.3. The van der Waals surface area contributed by atoms with Crippen LogP contribution in [0.4, 0.5) is 4.79 Å². The van der Waals surface area contributed by atoms with E-state index in [0.29, 0.717) is 35.8 Å². The molecule has 1 aromatic carbocycles. The first-order valence-corrected chi connectivity index (χ1v) is 9.93. The maximum Gasteiger partial charge on any atom is 0.409 e. The molecule has 0 radical (unpaired) electrons. The third-order valence-electron chi connectivity index (χ3n) is 4.56. The van der Waals surface area contributed by atoms with Crippen LogP contribution in [0.2, 0.25) is 5.02 Å². The highest BCUT2D eigenvalue weighted by atomic mass is 35.5. The number of hydrogen-bond acceptors (Lipinski definition) is 6. The van der Waals surface area contributed by atoms with Crippen molar-refractivity contribution in [2.75, 3.05) is 26.7 Å². The van der Waals surface area contributed by atoms with Gasteiger partial charge in [0, 0.05) is 36.3 Å². The molecule has 1 amide bonds. The van der Waals surface area contributed by atoms with Crippen LogP contribution >= 0.6 is 11.6 Å². The van der Waals surface area contributed by atoms with Crippen LogP contribution in [0.5, 0.6) is 0 Å². The highest BCUT2D eigenvalue weighted by molar-refractivity contribution is 6.30. The van der Waals surface area contributed by atoms with Crippen molar-refractivity contribution in [3.8, 4) is 11.4 Å². The molecule has 2 heterocycles. The molecule has 0 bridgehead atoms. The average Bonchev–Trinajstić information content (AvgIpc) is 3.22. The lowest BCUT2D eigenvalue weighted by atomic mass is 10.1. The third-order valence-corrected chi connectivity index (χ3v) is 4.81. The molecule has 156 valence electrons. The van der Waals surface area contributed by atoms with Gasteiger partial charge in [-0.3, -0.25) is 0 Å². The number of carbonyl (C=O) groups excluding carboxylic acids is 1. The van der Waals surface area contributed by atoms with Crippen molar-refractivity contribution >= 4 is 23.7 Å². The summed E-state index contributed by atoms with van der Waals surface area (Å²) in [6, 6.07) is 7.47. The molecule has 0 saturated carbocycles. The van der Waals surface area contributed by atoms with Gasteiger partial charge in [0.15, 0.2) is 5.96 Å². The van der Waals surface area contributed by atoms with E-state index in [0.717, 1.165) is 24.9 Å². The molecule has 10 heteroatoms. The number of halogens is 1. The molecule has 2 N–H and O–H groups in total. The quantitative estimate of drug-likeness (QED) is 0.565. The van der Waals surface area contributed by atoms with E-state index in [1.54, 1.807) is 17.0 Å². The molecule has 1 aliphatic rings. The summed E-state index contributed by atoms with van der Waals surface area (Å²) < 4.78 is 10.1. The Morgan fingerprint density at radius 3 is 2.72 bits per heavy atom. The Morgan fingerprint density at radius 1 is 1.34 bits per heavy atom. The maximum atomic E-state index is 11.6. The highest BCUT2D eigenvalue weighted by Gasteiger charge is 2.23. The number of nitrogens with zero attached hydrogens (tertiary/aromatic N) is 4. The minimum Gasteiger partial charge on any atom is -0.453 e. The molecule has 3 rings (SSSR count). The van der Waals surface area contributed by atoms with E-state index in [9.17, 15) is 4.79 Å². The van der Waals surface area contributed by atoms with E-state index in [4.69, 9.17) is 20.9 Å². The van der Waals surface area contributed by atoms with Gasteiger partial charge < -0.3 is 24.8 Å². The van der Waals surface area contributed by atoms with E-state index >= 15 is 0 Å². The largest absolute Gasteiger partial charge is 0.453 e. The van der Waals surface area contributed by atoms with Crippen LogP contribution in [-0.2, 0) is 11.3 Å². The summed E-state index contributed by atoms with van der Waals surface area (Å²) in [6.45, 7) is 4.29. The number of hydrogen-bond donors (Lipinski definition) is 2.